The van der Waals surface area contributed by atoms with Gasteiger partial charge >= 0.3 is 0 Å². The molecule has 0 amide bonds. The number of nitrogens with one attached hydrogen (secondary N) is 1. The SMILES string of the molecule is CC1=C(Cl)C(C)(C)N=CN1. The molecule has 3 heteroatoms. The van der Waals surface area contributed by atoms with Crippen molar-refractivity contribution in [3.05, 3.63) is 10.7 Å². The minimum Gasteiger partial charge on any atom is -0.349 e. The van der Waals surface area contributed by atoms with Gasteiger partial charge < -0.3 is 5.32 Å². The van der Waals surface area contributed by atoms with E-state index < -0.39 is 0 Å². The van der Waals surface area contributed by atoms with Crippen LogP contribution >= 0.6 is 11.6 Å². The molecule has 0 aromatic carbocycles. The van der Waals surface area contributed by atoms with Gasteiger partial charge in [-0.25, -0.2) is 0 Å². The zero-order valence-electron chi connectivity index (χ0n) is 6.40. The van der Waals surface area contributed by atoms with E-state index in [1.165, 1.54) is 0 Å². The second-order valence-electron chi connectivity index (χ2n) is 2.90. The lowest BCUT2D eigenvalue weighted by atomic mass is 10.0. The molecule has 0 saturated carbocycles. The van der Waals surface area contributed by atoms with Crippen molar-refractivity contribution in [1.29, 1.82) is 0 Å². The predicted octanol–water partition coefficient (Wildman–Crippen LogP) is 1.87. The Kier molecular flexibility index (Phi) is 1.73. The summed E-state index contributed by atoms with van der Waals surface area (Å²) >= 11 is 5.96. The van der Waals surface area contributed by atoms with Gasteiger partial charge in [0.05, 0.1) is 16.9 Å². The van der Waals surface area contributed by atoms with Crippen molar-refractivity contribution in [2.24, 2.45) is 4.99 Å². The summed E-state index contributed by atoms with van der Waals surface area (Å²) in [6, 6.07) is 0. The quantitative estimate of drug-likeness (QED) is 0.572. The Labute approximate surface area is 66.0 Å². The third kappa shape index (κ3) is 1.16. The second-order valence-corrected chi connectivity index (χ2v) is 3.28. The molecule has 0 aromatic heterocycles. The molecule has 0 fully saturated rings. The summed E-state index contributed by atoms with van der Waals surface area (Å²) in [5, 5.41) is 3.73. The fourth-order valence-electron chi connectivity index (χ4n) is 0.869. The molecule has 1 rings (SSSR count). The first kappa shape index (κ1) is 7.61. The van der Waals surface area contributed by atoms with Crippen LogP contribution in [0, 0.1) is 0 Å². The number of hydrogen-bond donors (Lipinski definition) is 1. The molecular formula is C7H11ClN2. The molecule has 10 heavy (non-hydrogen) atoms. The number of allylic oxidation sites excluding steroid dienone is 1. The van der Waals surface area contributed by atoms with E-state index >= 15 is 0 Å². The molecule has 1 N–H and O–H groups in total. The van der Waals surface area contributed by atoms with Gasteiger partial charge in [-0.1, -0.05) is 11.6 Å². The molecule has 0 aromatic rings. The van der Waals surface area contributed by atoms with Crippen molar-refractivity contribution < 1.29 is 0 Å². The summed E-state index contributed by atoms with van der Waals surface area (Å²) in [5.74, 6) is 0. The number of hydrogen-bond acceptors (Lipinski definition) is 2. The van der Waals surface area contributed by atoms with Gasteiger partial charge in [-0.15, -0.1) is 0 Å². The molecule has 0 aliphatic carbocycles. The molecule has 0 radical (unpaired) electrons. The fourth-order valence-corrected chi connectivity index (χ4v) is 0.973. The van der Waals surface area contributed by atoms with E-state index in [4.69, 9.17) is 11.6 Å². The van der Waals surface area contributed by atoms with Crippen LogP contribution in [-0.4, -0.2) is 11.9 Å². The number of aliphatic imine (C=N–C) groups is 1. The molecule has 56 valence electrons. The minimum absolute atomic E-state index is 0.239. The first-order chi connectivity index (χ1) is 4.54. The van der Waals surface area contributed by atoms with E-state index in [9.17, 15) is 0 Å². The van der Waals surface area contributed by atoms with Gasteiger partial charge in [-0.05, 0) is 20.8 Å². The number of rotatable bonds is 0. The average molecular weight is 159 g/mol. The summed E-state index contributed by atoms with van der Waals surface area (Å²) in [6.07, 6.45) is 1.68. The van der Waals surface area contributed by atoms with Crippen LogP contribution in [0.2, 0.25) is 0 Å². The van der Waals surface area contributed by atoms with E-state index in [1.807, 2.05) is 20.8 Å². The lowest BCUT2D eigenvalue weighted by Gasteiger charge is -2.24. The third-order valence-corrected chi connectivity index (χ3v) is 2.28. The minimum atomic E-state index is -0.239. The maximum absolute atomic E-state index is 5.96. The topological polar surface area (TPSA) is 24.4 Å². The van der Waals surface area contributed by atoms with Crippen LogP contribution in [0.15, 0.2) is 15.7 Å². The van der Waals surface area contributed by atoms with Gasteiger partial charge in [0.15, 0.2) is 0 Å². The molecule has 0 atom stereocenters. The molecule has 0 saturated heterocycles. The first-order valence-corrected chi connectivity index (χ1v) is 3.59. The maximum Gasteiger partial charge on any atom is 0.0940 e. The van der Waals surface area contributed by atoms with Gasteiger partial charge in [0.1, 0.15) is 0 Å². The van der Waals surface area contributed by atoms with E-state index in [-0.39, 0.29) is 5.54 Å². The van der Waals surface area contributed by atoms with Crippen molar-refractivity contribution >= 4 is 17.9 Å². The zero-order chi connectivity index (χ0) is 7.78. The van der Waals surface area contributed by atoms with Crippen LogP contribution < -0.4 is 5.32 Å². The molecule has 1 aliphatic rings. The Morgan fingerprint density at radius 1 is 1.60 bits per heavy atom. The van der Waals surface area contributed by atoms with Crippen LogP contribution in [0.1, 0.15) is 20.8 Å². The van der Waals surface area contributed by atoms with Crippen LogP contribution in [0.5, 0.6) is 0 Å². The number of nitrogens with zero attached hydrogens (tertiary/aromatic N) is 1. The molecule has 0 spiro atoms. The predicted molar refractivity (Wildman–Crippen MR) is 44.3 cm³/mol. The van der Waals surface area contributed by atoms with E-state index in [0.29, 0.717) is 0 Å². The zero-order valence-corrected chi connectivity index (χ0v) is 7.16. The highest BCUT2D eigenvalue weighted by Gasteiger charge is 2.24. The molecule has 0 unspecified atom stereocenters. The van der Waals surface area contributed by atoms with Gasteiger partial charge in [-0.2, -0.15) is 0 Å². The monoisotopic (exact) mass is 158 g/mol. The molecule has 1 aliphatic heterocycles. The second kappa shape index (κ2) is 2.27. The molecule has 0 bridgehead atoms. The Bertz CT molecular complexity index is 204. The summed E-state index contributed by atoms with van der Waals surface area (Å²) in [4.78, 5) is 4.17. The molecular weight excluding hydrogens is 148 g/mol. The van der Waals surface area contributed by atoms with Gasteiger partial charge in [-0.3, -0.25) is 4.99 Å². The molecule has 2 nitrogen and oxygen atoms in total. The third-order valence-electron chi connectivity index (χ3n) is 1.53. The summed E-state index contributed by atoms with van der Waals surface area (Å²) in [5.41, 5.74) is 0.748. The standard InChI is InChI=1S/C7H11ClN2/c1-5-6(8)7(2,3)10-4-9-5/h4H,1-3H3,(H,9,10). The Morgan fingerprint density at radius 2 is 2.20 bits per heavy atom. The molecule has 1 heterocycles. The van der Waals surface area contributed by atoms with Crippen LogP contribution in [0.25, 0.3) is 0 Å². The first-order valence-electron chi connectivity index (χ1n) is 3.21. The average Bonchev–Trinajstić information content (AvgIpc) is 1.83. The Morgan fingerprint density at radius 3 is 2.60 bits per heavy atom. The highest BCUT2D eigenvalue weighted by Crippen LogP contribution is 2.27. The van der Waals surface area contributed by atoms with Crippen molar-refractivity contribution in [2.45, 2.75) is 26.3 Å². The highest BCUT2D eigenvalue weighted by atomic mass is 35.5. The van der Waals surface area contributed by atoms with E-state index in [2.05, 4.69) is 10.3 Å². The number of halogens is 1. The Balaban J connectivity index is 2.97. The smallest absolute Gasteiger partial charge is 0.0940 e. The van der Waals surface area contributed by atoms with E-state index in [1.54, 1.807) is 6.34 Å². The summed E-state index contributed by atoms with van der Waals surface area (Å²) < 4.78 is 0. The summed E-state index contributed by atoms with van der Waals surface area (Å²) in [6.45, 7) is 5.90. The largest absolute Gasteiger partial charge is 0.349 e. The van der Waals surface area contributed by atoms with Crippen molar-refractivity contribution in [3.8, 4) is 0 Å². The summed E-state index contributed by atoms with van der Waals surface area (Å²) in [7, 11) is 0. The van der Waals surface area contributed by atoms with E-state index in [0.717, 1.165) is 10.7 Å². The van der Waals surface area contributed by atoms with Gasteiger partial charge in [0, 0.05) is 5.70 Å². The highest BCUT2D eigenvalue weighted by molar-refractivity contribution is 6.31. The van der Waals surface area contributed by atoms with Crippen LogP contribution in [0.3, 0.4) is 0 Å². The van der Waals surface area contributed by atoms with Gasteiger partial charge in [0.25, 0.3) is 0 Å². The maximum atomic E-state index is 5.96. The lowest BCUT2D eigenvalue weighted by Crippen LogP contribution is -2.28. The Hall–Kier alpha value is -0.500. The van der Waals surface area contributed by atoms with Gasteiger partial charge in [0.2, 0.25) is 0 Å². The normalized spacial score (nSPS) is 22.8. The fraction of sp³-hybridized carbons (Fsp3) is 0.571. The van der Waals surface area contributed by atoms with Crippen LogP contribution in [0.4, 0.5) is 0 Å². The van der Waals surface area contributed by atoms with Crippen molar-refractivity contribution in [2.75, 3.05) is 0 Å². The lowest BCUT2D eigenvalue weighted by molar-refractivity contribution is 0.623. The van der Waals surface area contributed by atoms with Crippen molar-refractivity contribution in [3.63, 3.8) is 0 Å². The van der Waals surface area contributed by atoms with Crippen LogP contribution in [-0.2, 0) is 0 Å². The van der Waals surface area contributed by atoms with Crippen molar-refractivity contribution in [1.82, 2.24) is 5.32 Å².